The summed E-state index contributed by atoms with van der Waals surface area (Å²) in [5.74, 6) is -5.03. The lowest BCUT2D eigenvalue weighted by molar-refractivity contribution is -0.177. The van der Waals surface area contributed by atoms with Gasteiger partial charge in [0.15, 0.2) is 6.67 Å². The topological polar surface area (TPSA) is 0 Å². The zero-order valence-electron chi connectivity index (χ0n) is 5.23. The molecule has 0 amide bonds. The smallest absolute Gasteiger partial charge is 0.244 e. The maximum atomic E-state index is 12.3. The molecule has 0 saturated carbocycles. The molecule has 0 aromatic heterocycles. The highest BCUT2D eigenvalue weighted by atomic mass is 35.5. The van der Waals surface area contributed by atoms with Crippen molar-refractivity contribution in [2.75, 3.05) is 6.67 Å². The molecule has 0 aromatic carbocycles. The molecule has 0 rings (SSSR count). The van der Waals surface area contributed by atoms with Crippen LogP contribution in [0.2, 0.25) is 0 Å². The van der Waals surface area contributed by atoms with E-state index in [1.54, 1.807) is 0 Å². The minimum absolute atomic E-state index is 2.66. The van der Waals surface area contributed by atoms with Gasteiger partial charge in [-0.15, -0.1) is 0 Å². The molecule has 0 N–H and O–H groups in total. The summed E-state index contributed by atoms with van der Waals surface area (Å²) in [4.78, 5) is 0. The van der Waals surface area contributed by atoms with Gasteiger partial charge in [0.05, 0.1) is 0 Å². The molecule has 8 heteroatoms. The lowest BCUT2D eigenvalue weighted by atomic mass is 10.2. The van der Waals surface area contributed by atoms with Gasteiger partial charge in [-0.2, -0.15) is 17.6 Å². The van der Waals surface area contributed by atoms with Gasteiger partial charge in [0.1, 0.15) is 0 Å². The van der Waals surface area contributed by atoms with Crippen LogP contribution in [0.15, 0.2) is 0 Å². The molecule has 0 aliphatic heterocycles. The van der Waals surface area contributed by atoms with Crippen LogP contribution in [0, 0.1) is 0 Å². The van der Waals surface area contributed by atoms with Gasteiger partial charge in [-0.25, -0.2) is 8.78 Å². The molecule has 0 bridgehead atoms. The third-order valence-corrected chi connectivity index (χ3v) is 1.85. The predicted octanol–water partition coefficient (Wildman–Crippen LogP) is 3.33. The lowest BCUT2D eigenvalue weighted by Gasteiger charge is -2.28. The van der Waals surface area contributed by atoms with Gasteiger partial charge in [0.25, 0.3) is 0 Å². The number of alkyl halides is 8. The van der Waals surface area contributed by atoms with Gasteiger partial charge < -0.3 is 0 Å². The van der Waals surface area contributed by atoms with Crippen LogP contribution < -0.4 is 0 Å². The van der Waals surface area contributed by atoms with Crippen LogP contribution in [0.3, 0.4) is 0 Å². The third-order valence-electron chi connectivity index (χ3n) is 0.983. The van der Waals surface area contributed by atoms with Crippen molar-refractivity contribution in [3.63, 3.8) is 0 Å². The van der Waals surface area contributed by atoms with Crippen molar-refractivity contribution in [3.8, 4) is 0 Å². The Kier molecular flexibility index (Phi) is 3.18. The molecule has 0 nitrogen and oxygen atoms in total. The Bertz CT molecular complexity index is 161. The second kappa shape index (κ2) is 3.14. The van der Waals surface area contributed by atoms with Crippen LogP contribution in [0.25, 0.3) is 0 Å². The van der Waals surface area contributed by atoms with Crippen LogP contribution in [-0.4, -0.2) is 23.1 Å². The van der Waals surface area contributed by atoms with Crippen molar-refractivity contribution in [1.82, 2.24) is 0 Å². The average Bonchev–Trinajstić information content (AvgIpc) is 1.85. The van der Waals surface area contributed by atoms with Gasteiger partial charge in [-0.1, -0.05) is 11.6 Å². The molecular weight excluding hydrogens is 233 g/mol. The second-order valence-corrected chi connectivity index (χ2v) is 2.91. The van der Waals surface area contributed by atoms with Crippen molar-refractivity contribution < 1.29 is 26.3 Å². The summed E-state index contributed by atoms with van der Waals surface area (Å²) in [6, 6.07) is 0. The fourth-order valence-corrected chi connectivity index (χ4v) is 0.480. The van der Waals surface area contributed by atoms with Crippen LogP contribution in [0.1, 0.15) is 0 Å². The van der Waals surface area contributed by atoms with E-state index in [1.165, 1.54) is 0 Å². The molecular formula is C4H2Cl2F6. The average molecular weight is 235 g/mol. The van der Waals surface area contributed by atoms with E-state index >= 15 is 0 Å². The molecule has 0 heterocycles. The largest absolute Gasteiger partial charge is 0.375 e. The Balaban J connectivity index is 4.85. The van der Waals surface area contributed by atoms with Crippen molar-refractivity contribution in [2.45, 2.75) is 16.4 Å². The van der Waals surface area contributed by atoms with E-state index in [0.29, 0.717) is 0 Å². The molecule has 1 atom stereocenters. The lowest BCUT2D eigenvalue weighted by Crippen LogP contribution is -2.51. The first-order valence-electron chi connectivity index (χ1n) is 2.44. The summed E-state index contributed by atoms with van der Waals surface area (Å²) in [7, 11) is 0. The maximum absolute atomic E-state index is 12.3. The Morgan fingerprint density at radius 2 is 1.25 bits per heavy atom. The van der Waals surface area contributed by atoms with E-state index < -0.39 is 23.1 Å². The third kappa shape index (κ3) is 1.90. The Hall–Kier alpha value is 0.160. The van der Waals surface area contributed by atoms with Crippen molar-refractivity contribution in [2.24, 2.45) is 0 Å². The zero-order chi connectivity index (χ0) is 10.2. The first-order chi connectivity index (χ1) is 5.06. The van der Waals surface area contributed by atoms with Crippen LogP contribution >= 0.6 is 23.2 Å². The fourth-order valence-electron chi connectivity index (χ4n) is 0.291. The minimum Gasteiger partial charge on any atom is -0.244 e. The highest BCUT2D eigenvalue weighted by Crippen LogP contribution is 2.49. The molecule has 0 fully saturated rings. The minimum atomic E-state index is -5.04. The Morgan fingerprint density at radius 3 is 1.33 bits per heavy atom. The molecule has 74 valence electrons. The number of rotatable bonds is 3. The fraction of sp³-hybridized carbons (Fsp3) is 1.00. The summed E-state index contributed by atoms with van der Waals surface area (Å²) in [5, 5.41) is -9.96. The van der Waals surface area contributed by atoms with E-state index in [1.807, 2.05) is 0 Å². The predicted molar refractivity (Wildman–Crippen MR) is 31.4 cm³/mol. The molecule has 0 aromatic rings. The van der Waals surface area contributed by atoms with Gasteiger partial charge in [-0.05, 0) is 11.6 Å². The molecule has 1 unspecified atom stereocenters. The second-order valence-electron chi connectivity index (χ2n) is 1.91. The number of hydrogen-bond donors (Lipinski definition) is 0. The highest BCUT2D eigenvalue weighted by molar-refractivity contribution is 6.33. The van der Waals surface area contributed by atoms with Gasteiger partial charge in [0, 0.05) is 0 Å². The SMILES string of the molecule is FCC(F)(F)C(F)(Cl)C(F)(F)Cl. The van der Waals surface area contributed by atoms with Crippen molar-refractivity contribution in [3.05, 3.63) is 0 Å². The summed E-state index contributed by atoms with van der Waals surface area (Å²) in [6.45, 7) is -2.66. The number of halogens is 8. The van der Waals surface area contributed by atoms with Crippen LogP contribution in [0.4, 0.5) is 26.3 Å². The molecule has 12 heavy (non-hydrogen) atoms. The van der Waals surface area contributed by atoms with E-state index in [-0.39, 0.29) is 0 Å². The molecule has 0 spiro atoms. The maximum Gasteiger partial charge on any atom is 0.375 e. The van der Waals surface area contributed by atoms with Crippen molar-refractivity contribution in [1.29, 1.82) is 0 Å². The monoisotopic (exact) mass is 234 g/mol. The first-order valence-corrected chi connectivity index (χ1v) is 3.20. The standard InChI is InChI=1S/C4H2Cl2F6/c5-3(10,4(6,11)12)2(8,9)1-7/h1H2. The van der Waals surface area contributed by atoms with Crippen LogP contribution in [0.5, 0.6) is 0 Å². The highest BCUT2D eigenvalue weighted by Gasteiger charge is 2.69. The quantitative estimate of drug-likeness (QED) is 0.519. The van der Waals surface area contributed by atoms with Gasteiger partial charge in [0.2, 0.25) is 0 Å². The Labute approximate surface area is 73.4 Å². The summed E-state index contributed by atoms with van der Waals surface area (Å²) < 4.78 is 71.1. The van der Waals surface area contributed by atoms with Gasteiger partial charge >= 0.3 is 16.4 Å². The Morgan fingerprint density at radius 1 is 0.917 bits per heavy atom. The summed E-state index contributed by atoms with van der Waals surface area (Å²) >= 11 is 7.97. The summed E-state index contributed by atoms with van der Waals surface area (Å²) in [6.07, 6.45) is 0. The molecule has 0 saturated heterocycles. The molecule has 0 radical (unpaired) electrons. The first kappa shape index (κ1) is 12.2. The van der Waals surface area contributed by atoms with E-state index in [0.717, 1.165) is 0 Å². The van der Waals surface area contributed by atoms with Gasteiger partial charge in [-0.3, -0.25) is 0 Å². The van der Waals surface area contributed by atoms with E-state index in [9.17, 15) is 26.3 Å². The summed E-state index contributed by atoms with van der Waals surface area (Å²) in [5.41, 5.74) is 0. The molecule has 0 aliphatic rings. The molecule has 0 aliphatic carbocycles. The number of hydrogen-bond acceptors (Lipinski definition) is 0. The van der Waals surface area contributed by atoms with Crippen LogP contribution in [-0.2, 0) is 0 Å². The van der Waals surface area contributed by atoms with E-state index in [2.05, 4.69) is 23.2 Å². The zero-order valence-corrected chi connectivity index (χ0v) is 6.74. The van der Waals surface area contributed by atoms with E-state index in [4.69, 9.17) is 0 Å². The van der Waals surface area contributed by atoms with Crippen molar-refractivity contribution >= 4 is 23.2 Å². The normalized spacial score (nSPS) is 19.0.